The number of hydrogen-bond donors (Lipinski definition) is 1. The maximum atomic E-state index is 11.7. The van der Waals surface area contributed by atoms with Gasteiger partial charge in [0.2, 0.25) is 5.91 Å². The molecular weight excluding hydrogens is 294 g/mol. The molecule has 1 N–H and O–H groups in total. The molecule has 1 aromatic carbocycles. The van der Waals surface area contributed by atoms with E-state index in [2.05, 4.69) is 10.3 Å². The number of aromatic nitrogens is 2. The van der Waals surface area contributed by atoms with Gasteiger partial charge in [0.15, 0.2) is 0 Å². The van der Waals surface area contributed by atoms with Crippen LogP contribution in [0.1, 0.15) is 12.7 Å². The molecule has 1 heterocycles. The van der Waals surface area contributed by atoms with Crippen LogP contribution in [0.2, 0.25) is 5.02 Å². The van der Waals surface area contributed by atoms with Crippen LogP contribution in [0, 0.1) is 0 Å². The molecule has 0 bridgehead atoms. The van der Waals surface area contributed by atoms with Crippen molar-refractivity contribution in [2.45, 2.75) is 18.6 Å². The van der Waals surface area contributed by atoms with E-state index in [1.165, 1.54) is 0 Å². The van der Waals surface area contributed by atoms with Gasteiger partial charge < -0.3 is 9.88 Å². The van der Waals surface area contributed by atoms with Crippen molar-refractivity contribution in [3.8, 4) is 0 Å². The molecule has 0 aliphatic rings. The number of amides is 1. The standard InChI is InChI=1S/C14H18ClN3OS/c1-9(20-3)14(19)16-7-6-13-17-11-8-10(15)4-5-12(11)18(13)2/h4-5,8-9H,6-7H2,1-3H3,(H,16,19)/t9-/m1/s1. The molecule has 0 fully saturated rings. The lowest BCUT2D eigenvalue weighted by atomic mass is 10.3. The molecule has 108 valence electrons. The summed E-state index contributed by atoms with van der Waals surface area (Å²) in [6, 6.07) is 5.68. The van der Waals surface area contributed by atoms with Gasteiger partial charge in [0, 0.05) is 25.0 Å². The molecule has 0 saturated carbocycles. The molecule has 20 heavy (non-hydrogen) atoms. The molecule has 0 spiro atoms. The first-order chi connectivity index (χ1) is 9.52. The lowest BCUT2D eigenvalue weighted by Gasteiger charge is -2.09. The van der Waals surface area contributed by atoms with Crippen molar-refractivity contribution in [1.29, 1.82) is 0 Å². The molecule has 0 aliphatic heterocycles. The van der Waals surface area contributed by atoms with Gasteiger partial charge in [-0.25, -0.2) is 4.98 Å². The van der Waals surface area contributed by atoms with Crippen molar-refractivity contribution < 1.29 is 4.79 Å². The summed E-state index contributed by atoms with van der Waals surface area (Å²) in [6.45, 7) is 2.49. The first-order valence-electron chi connectivity index (χ1n) is 6.44. The summed E-state index contributed by atoms with van der Waals surface area (Å²) < 4.78 is 2.04. The Bertz CT molecular complexity index is 626. The number of thioether (sulfide) groups is 1. The van der Waals surface area contributed by atoms with Gasteiger partial charge in [0.25, 0.3) is 0 Å². The molecule has 0 aliphatic carbocycles. The van der Waals surface area contributed by atoms with Gasteiger partial charge >= 0.3 is 0 Å². The smallest absolute Gasteiger partial charge is 0.232 e. The zero-order valence-electron chi connectivity index (χ0n) is 11.8. The van der Waals surface area contributed by atoms with Gasteiger partial charge in [-0.1, -0.05) is 11.6 Å². The molecule has 1 amide bonds. The minimum atomic E-state index is -0.0192. The SMILES string of the molecule is CS[C@H](C)C(=O)NCCc1nc2cc(Cl)ccc2n1C. The molecule has 4 nitrogen and oxygen atoms in total. The van der Waals surface area contributed by atoms with Crippen LogP contribution in [0.25, 0.3) is 11.0 Å². The zero-order valence-corrected chi connectivity index (χ0v) is 13.4. The number of carbonyl (C=O) groups excluding carboxylic acids is 1. The van der Waals surface area contributed by atoms with Crippen LogP contribution in [-0.2, 0) is 18.3 Å². The van der Waals surface area contributed by atoms with Crippen LogP contribution in [0.4, 0.5) is 0 Å². The van der Waals surface area contributed by atoms with Crippen LogP contribution in [-0.4, -0.2) is 33.5 Å². The number of benzene rings is 1. The van der Waals surface area contributed by atoms with E-state index in [9.17, 15) is 4.79 Å². The van der Waals surface area contributed by atoms with Gasteiger partial charge in [-0.2, -0.15) is 11.8 Å². The Morgan fingerprint density at radius 2 is 2.30 bits per heavy atom. The third-order valence-corrected chi connectivity index (χ3v) is 4.46. The molecule has 0 radical (unpaired) electrons. The van der Waals surface area contributed by atoms with E-state index in [0.29, 0.717) is 18.0 Å². The number of fused-ring (bicyclic) bond motifs is 1. The Balaban J connectivity index is 2.03. The first kappa shape index (κ1) is 15.2. The number of rotatable bonds is 5. The van der Waals surface area contributed by atoms with E-state index in [0.717, 1.165) is 16.9 Å². The fourth-order valence-electron chi connectivity index (χ4n) is 1.99. The largest absolute Gasteiger partial charge is 0.355 e. The second-order valence-corrected chi connectivity index (χ2v) is 6.25. The Morgan fingerprint density at radius 3 is 3.00 bits per heavy atom. The summed E-state index contributed by atoms with van der Waals surface area (Å²) in [5, 5.41) is 3.59. The quantitative estimate of drug-likeness (QED) is 0.923. The Kier molecular flexibility index (Phi) is 4.94. The van der Waals surface area contributed by atoms with Gasteiger partial charge in [-0.3, -0.25) is 4.79 Å². The lowest BCUT2D eigenvalue weighted by Crippen LogP contribution is -2.32. The lowest BCUT2D eigenvalue weighted by molar-refractivity contribution is -0.120. The number of carbonyl (C=O) groups is 1. The predicted octanol–water partition coefficient (Wildman–Crippen LogP) is 2.64. The Morgan fingerprint density at radius 1 is 1.55 bits per heavy atom. The summed E-state index contributed by atoms with van der Waals surface area (Å²) >= 11 is 7.51. The van der Waals surface area contributed by atoms with E-state index in [1.807, 2.05) is 43.0 Å². The fraction of sp³-hybridized carbons (Fsp3) is 0.429. The van der Waals surface area contributed by atoms with Crippen molar-refractivity contribution >= 4 is 40.3 Å². The number of nitrogens with one attached hydrogen (secondary N) is 1. The number of imidazole rings is 1. The minimum absolute atomic E-state index is 0.0192. The van der Waals surface area contributed by atoms with Crippen molar-refractivity contribution in [2.24, 2.45) is 7.05 Å². The van der Waals surface area contributed by atoms with Crippen molar-refractivity contribution in [3.63, 3.8) is 0 Å². The fourth-order valence-corrected chi connectivity index (χ4v) is 2.46. The molecule has 2 rings (SSSR count). The second kappa shape index (κ2) is 6.50. The topological polar surface area (TPSA) is 46.9 Å². The number of aryl methyl sites for hydroxylation is 1. The second-order valence-electron chi connectivity index (χ2n) is 4.64. The maximum absolute atomic E-state index is 11.7. The summed E-state index contributed by atoms with van der Waals surface area (Å²) in [6.07, 6.45) is 2.63. The Hall–Kier alpha value is -1.20. The molecule has 0 saturated heterocycles. The molecule has 6 heteroatoms. The summed E-state index contributed by atoms with van der Waals surface area (Å²) in [5.74, 6) is 1.01. The van der Waals surface area contributed by atoms with Crippen LogP contribution < -0.4 is 5.32 Å². The summed E-state index contributed by atoms with van der Waals surface area (Å²) in [7, 11) is 1.98. The molecular formula is C14H18ClN3OS. The predicted molar refractivity (Wildman–Crippen MR) is 85.4 cm³/mol. The Labute approximate surface area is 127 Å². The third-order valence-electron chi connectivity index (χ3n) is 3.31. The normalized spacial score (nSPS) is 12.6. The van der Waals surface area contributed by atoms with Crippen LogP contribution >= 0.6 is 23.4 Å². The number of hydrogen-bond acceptors (Lipinski definition) is 3. The molecule has 1 aromatic heterocycles. The average Bonchev–Trinajstić information content (AvgIpc) is 2.73. The molecule has 2 aromatic rings. The van der Waals surface area contributed by atoms with Crippen molar-refractivity contribution in [3.05, 3.63) is 29.0 Å². The van der Waals surface area contributed by atoms with Crippen molar-refractivity contribution in [1.82, 2.24) is 14.9 Å². The van der Waals surface area contributed by atoms with Gasteiger partial charge in [0.1, 0.15) is 5.82 Å². The maximum Gasteiger partial charge on any atom is 0.232 e. The van der Waals surface area contributed by atoms with Crippen LogP contribution in [0.5, 0.6) is 0 Å². The van der Waals surface area contributed by atoms with Crippen LogP contribution in [0.3, 0.4) is 0 Å². The molecule has 1 atom stereocenters. The van der Waals surface area contributed by atoms with Crippen molar-refractivity contribution in [2.75, 3.05) is 12.8 Å². The molecule has 0 unspecified atom stereocenters. The summed E-state index contributed by atoms with van der Waals surface area (Å²) in [4.78, 5) is 16.2. The van der Waals surface area contributed by atoms with Gasteiger partial charge in [-0.05, 0) is 31.4 Å². The summed E-state index contributed by atoms with van der Waals surface area (Å²) in [5.41, 5.74) is 1.94. The highest BCUT2D eigenvalue weighted by molar-refractivity contribution is 7.99. The van der Waals surface area contributed by atoms with E-state index in [-0.39, 0.29) is 11.2 Å². The van der Waals surface area contributed by atoms with E-state index < -0.39 is 0 Å². The first-order valence-corrected chi connectivity index (χ1v) is 8.11. The zero-order chi connectivity index (χ0) is 14.7. The average molecular weight is 312 g/mol. The third kappa shape index (κ3) is 3.27. The van der Waals surface area contributed by atoms with E-state index in [1.54, 1.807) is 11.8 Å². The highest BCUT2D eigenvalue weighted by Crippen LogP contribution is 2.19. The highest BCUT2D eigenvalue weighted by Gasteiger charge is 2.12. The number of halogens is 1. The highest BCUT2D eigenvalue weighted by atomic mass is 35.5. The van der Waals surface area contributed by atoms with Gasteiger partial charge in [0.05, 0.1) is 16.3 Å². The minimum Gasteiger partial charge on any atom is -0.355 e. The van der Waals surface area contributed by atoms with E-state index in [4.69, 9.17) is 11.6 Å². The number of nitrogens with zero attached hydrogens (tertiary/aromatic N) is 2. The van der Waals surface area contributed by atoms with Crippen LogP contribution in [0.15, 0.2) is 18.2 Å². The van der Waals surface area contributed by atoms with E-state index >= 15 is 0 Å². The van der Waals surface area contributed by atoms with Gasteiger partial charge in [-0.15, -0.1) is 0 Å². The monoisotopic (exact) mass is 311 g/mol.